The Bertz CT molecular complexity index is 630. The number of methoxy groups -OCH3 is 1. The quantitative estimate of drug-likeness (QED) is 0.760. The van der Waals surface area contributed by atoms with E-state index in [1.807, 2.05) is 25.2 Å². The Hall–Kier alpha value is -1.14. The maximum atomic E-state index is 13.3. The van der Waals surface area contributed by atoms with Crippen LogP contribution in [0.2, 0.25) is 0 Å². The number of rotatable bonds is 5. The van der Waals surface area contributed by atoms with Crippen LogP contribution < -0.4 is 10.1 Å². The minimum atomic E-state index is -0.203. The standard InChI is InChI=1S/C17H19FINO/c1-11-4-7-17(21-3)12(8-11)9-16(20-2)14-6-5-13(18)10-15(14)19/h4-8,10,16,20H,9H2,1-3H3. The first-order chi connectivity index (χ1) is 10.0. The van der Waals surface area contributed by atoms with Gasteiger partial charge in [-0.15, -0.1) is 0 Å². The topological polar surface area (TPSA) is 21.3 Å². The normalized spacial score (nSPS) is 12.2. The lowest BCUT2D eigenvalue weighted by molar-refractivity contribution is 0.406. The molecule has 0 saturated carbocycles. The van der Waals surface area contributed by atoms with Crippen LogP contribution in [-0.4, -0.2) is 14.2 Å². The average molecular weight is 399 g/mol. The smallest absolute Gasteiger partial charge is 0.124 e. The molecule has 1 atom stereocenters. The zero-order valence-corrected chi connectivity index (χ0v) is 14.6. The summed E-state index contributed by atoms with van der Waals surface area (Å²) in [5.74, 6) is 0.684. The fourth-order valence-electron chi connectivity index (χ4n) is 2.44. The molecular weight excluding hydrogens is 380 g/mol. The molecular formula is C17H19FINO. The van der Waals surface area contributed by atoms with E-state index < -0.39 is 0 Å². The van der Waals surface area contributed by atoms with Crippen LogP contribution in [0.25, 0.3) is 0 Å². The van der Waals surface area contributed by atoms with Crippen LogP contribution in [0.4, 0.5) is 4.39 Å². The van der Waals surface area contributed by atoms with E-state index in [0.29, 0.717) is 0 Å². The van der Waals surface area contributed by atoms with Crippen LogP contribution in [0.1, 0.15) is 22.7 Å². The van der Waals surface area contributed by atoms with Crippen molar-refractivity contribution in [2.45, 2.75) is 19.4 Å². The summed E-state index contributed by atoms with van der Waals surface area (Å²) >= 11 is 2.18. The highest BCUT2D eigenvalue weighted by molar-refractivity contribution is 14.1. The first-order valence-corrected chi connectivity index (χ1v) is 7.88. The highest BCUT2D eigenvalue weighted by Gasteiger charge is 2.16. The maximum absolute atomic E-state index is 13.3. The van der Waals surface area contributed by atoms with Gasteiger partial charge in [0.25, 0.3) is 0 Å². The van der Waals surface area contributed by atoms with Gasteiger partial charge in [-0.25, -0.2) is 4.39 Å². The van der Waals surface area contributed by atoms with Crippen molar-refractivity contribution >= 4 is 22.6 Å². The van der Waals surface area contributed by atoms with Crippen molar-refractivity contribution in [1.29, 1.82) is 0 Å². The van der Waals surface area contributed by atoms with Gasteiger partial charge in [-0.1, -0.05) is 23.8 Å². The molecule has 0 fully saturated rings. The molecule has 2 aromatic carbocycles. The van der Waals surface area contributed by atoms with Gasteiger partial charge in [0, 0.05) is 9.61 Å². The predicted octanol–water partition coefficient (Wildman–Crippen LogP) is 4.25. The van der Waals surface area contributed by atoms with Crippen molar-refractivity contribution in [2.24, 2.45) is 0 Å². The molecule has 0 heterocycles. The summed E-state index contributed by atoms with van der Waals surface area (Å²) in [7, 11) is 3.61. The minimum absolute atomic E-state index is 0.119. The van der Waals surface area contributed by atoms with Crippen LogP contribution in [0.15, 0.2) is 36.4 Å². The van der Waals surface area contributed by atoms with Gasteiger partial charge < -0.3 is 10.1 Å². The van der Waals surface area contributed by atoms with Gasteiger partial charge in [0.15, 0.2) is 0 Å². The summed E-state index contributed by atoms with van der Waals surface area (Å²) in [6.45, 7) is 2.07. The van der Waals surface area contributed by atoms with Gasteiger partial charge >= 0.3 is 0 Å². The summed E-state index contributed by atoms with van der Waals surface area (Å²) in [5, 5.41) is 3.32. The summed E-state index contributed by atoms with van der Waals surface area (Å²) in [4.78, 5) is 0. The van der Waals surface area contributed by atoms with E-state index in [2.05, 4.69) is 40.9 Å². The van der Waals surface area contributed by atoms with Gasteiger partial charge in [-0.3, -0.25) is 0 Å². The Morgan fingerprint density at radius 3 is 2.62 bits per heavy atom. The third-order valence-electron chi connectivity index (χ3n) is 3.55. The SMILES string of the molecule is CNC(Cc1cc(C)ccc1OC)c1ccc(F)cc1I. The molecule has 0 amide bonds. The number of halogens is 2. The van der Waals surface area contributed by atoms with E-state index in [-0.39, 0.29) is 11.9 Å². The Morgan fingerprint density at radius 2 is 2.00 bits per heavy atom. The molecule has 0 saturated heterocycles. The molecule has 2 nitrogen and oxygen atoms in total. The van der Waals surface area contributed by atoms with Crippen LogP contribution in [0.3, 0.4) is 0 Å². The van der Waals surface area contributed by atoms with Crippen molar-refractivity contribution < 1.29 is 9.13 Å². The Morgan fingerprint density at radius 1 is 1.24 bits per heavy atom. The van der Waals surface area contributed by atoms with E-state index in [1.54, 1.807) is 13.2 Å². The highest BCUT2D eigenvalue weighted by atomic mass is 127. The molecule has 112 valence electrons. The monoisotopic (exact) mass is 399 g/mol. The first kappa shape index (κ1) is 16.2. The Kier molecular flexibility index (Phi) is 5.58. The van der Waals surface area contributed by atoms with E-state index in [0.717, 1.165) is 26.9 Å². The van der Waals surface area contributed by atoms with Crippen LogP contribution in [-0.2, 0) is 6.42 Å². The summed E-state index contributed by atoms with van der Waals surface area (Å²) in [5.41, 5.74) is 3.45. The second-order valence-electron chi connectivity index (χ2n) is 5.03. The zero-order chi connectivity index (χ0) is 15.4. The second kappa shape index (κ2) is 7.22. The number of hydrogen-bond acceptors (Lipinski definition) is 2. The van der Waals surface area contributed by atoms with Crippen molar-refractivity contribution in [3.05, 3.63) is 62.5 Å². The number of nitrogens with one attached hydrogen (secondary N) is 1. The number of hydrogen-bond donors (Lipinski definition) is 1. The van der Waals surface area contributed by atoms with Crippen molar-refractivity contribution in [1.82, 2.24) is 5.32 Å². The average Bonchev–Trinajstić information content (AvgIpc) is 2.45. The van der Waals surface area contributed by atoms with Gasteiger partial charge in [-0.05, 0) is 72.3 Å². The van der Waals surface area contributed by atoms with Gasteiger partial charge in [0.2, 0.25) is 0 Å². The summed E-state index contributed by atoms with van der Waals surface area (Å²) < 4.78 is 19.6. The van der Waals surface area contributed by atoms with Gasteiger partial charge in [0.05, 0.1) is 7.11 Å². The predicted molar refractivity (Wildman–Crippen MR) is 92.4 cm³/mol. The number of benzene rings is 2. The molecule has 21 heavy (non-hydrogen) atoms. The second-order valence-corrected chi connectivity index (χ2v) is 6.19. The minimum Gasteiger partial charge on any atom is -0.496 e. The van der Waals surface area contributed by atoms with E-state index in [9.17, 15) is 4.39 Å². The molecule has 0 aromatic heterocycles. The number of ether oxygens (including phenoxy) is 1. The molecule has 0 spiro atoms. The molecule has 4 heteroatoms. The first-order valence-electron chi connectivity index (χ1n) is 6.81. The van der Waals surface area contributed by atoms with Crippen molar-refractivity contribution in [3.63, 3.8) is 0 Å². The molecule has 2 aromatic rings. The third kappa shape index (κ3) is 3.95. The third-order valence-corrected chi connectivity index (χ3v) is 4.48. The Balaban J connectivity index is 2.33. The fourth-order valence-corrected chi connectivity index (χ4v) is 3.29. The fraction of sp³-hybridized carbons (Fsp3) is 0.294. The van der Waals surface area contributed by atoms with Crippen molar-refractivity contribution in [3.8, 4) is 5.75 Å². The molecule has 2 rings (SSSR count). The largest absolute Gasteiger partial charge is 0.496 e. The molecule has 0 radical (unpaired) electrons. The zero-order valence-electron chi connectivity index (χ0n) is 12.4. The molecule has 0 bridgehead atoms. The van der Waals surface area contributed by atoms with E-state index in [1.165, 1.54) is 11.6 Å². The molecule has 0 aliphatic rings. The number of likely N-dealkylation sites (N-methyl/N-ethyl adjacent to an activating group) is 1. The molecule has 1 unspecified atom stereocenters. The lowest BCUT2D eigenvalue weighted by atomic mass is 9.97. The summed E-state index contributed by atoms with van der Waals surface area (Å²) in [6.07, 6.45) is 0.795. The lowest BCUT2D eigenvalue weighted by Gasteiger charge is -2.20. The van der Waals surface area contributed by atoms with Gasteiger partial charge in [-0.2, -0.15) is 0 Å². The number of aryl methyl sites for hydroxylation is 1. The lowest BCUT2D eigenvalue weighted by Crippen LogP contribution is -2.20. The van der Waals surface area contributed by atoms with Crippen LogP contribution in [0.5, 0.6) is 5.75 Å². The Labute approximate surface area is 138 Å². The molecule has 0 aliphatic heterocycles. The van der Waals surface area contributed by atoms with Crippen molar-refractivity contribution in [2.75, 3.05) is 14.2 Å². The van der Waals surface area contributed by atoms with Crippen LogP contribution in [0, 0.1) is 16.3 Å². The van der Waals surface area contributed by atoms with E-state index in [4.69, 9.17) is 4.74 Å². The summed E-state index contributed by atoms with van der Waals surface area (Å²) in [6, 6.07) is 11.2. The highest BCUT2D eigenvalue weighted by Crippen LogP contribution is 2.28. The maximum Gasteiger partial charge on any atom is 0.124 e. The van der Waals surface area contributed by atoms with E-state index >= 15 is 0 Å². The molecule has 1 N–H and O–H groups in total. The molecule has 0 aliphatic carbocycles. The van der Waals surface area contributed by atoms with Gasteiger partial charge in [0.1, 0.15) is 11.6 Å². The van der Waals surface area contributed by atoms with Crippen LogP contribution >= 0.6 is 22.6 Å².